The summed E-state index contributed by atoms with van der Waals surface area (Å²) in [7, 11) is 1.60. The smallest absolute Gasteiger partial charge is 0.319 e. The van der Waals surface area contributed by atoms with E-state index in [1.54, 1.807) is 13.2 Å². The summed E-state index contributed by atoms with van der Waals surface area (Å²) in [6, 6.07) is 0. The van der Waals surface area contributed by atoms with E-state index in [1.807, 2.05) is 0 Å². The molecule has 0 aliphatic heterocycles. The van der Waals surface area contributed by atoms with Gasteiger partial charge in [-0.25, -0.2) is 9.97 Å². The summed E-state index contributed by atoms with van der Waals surface area (Å²) < 4.78 is 40.6. The highest BCUT2D eigenvalue weighted by molar-refractivity contribution is 9.10. The fourth-order valence-electron chi connectivity index (χ4n) is 1.31. The standard InChI is InChI=1S/C8H6BrF3N4/c1-15-3-6(9)14-7(15)16-4-13-2-5(16)8(10,11)12/h2-4H,1H3. The average molecular weight is 295 g/mol. The van der Waals surface area contributed by atoms with E-state index in [0.29, 0.717) is 4.60 Å². The number of hydrogen-bond acceptors (Lipinski definition) is 2. The zero-order valence-electron chi connectivity index (χ0n) is 8.03. The second-order valence-electron chi connectivity index (χ2n) is 3.12. The Kier molecular flexibility index (Phi) is 2.53. The summed E-state index contributed by atoms with van der Waals surface area (Å²) in [6.07, 6.45) is -1.04. The first-order valence-electron chi connectivity index (χ1n) is 4.18. The fourth-order valence-corrected chi connectivity index (χ4v) is 1.77. The lowest BCUT2D eigenvalue weighted by molar-refractivity contribution is -0.142. The first-order chi connectivity index (χ1) is 7.39. The van der Waals surface area contributed by atoms with Gasteiger partial charge in [0.25, 0.3) is 0 Å². The van der Waals surface area contributed by atoms with Crippen molar-refractivity contribution in [2.45, 2.75) is 6.18 Å². The monoisotopic (exact) mass is 294 g/mol. The summed E-state index contributed by atoms with van der Waals surface area (Å²) >= 11 is 3.10. The number of nitrogens with zero attached hydrogens (tertiary/aromatic N) is 4. The molecule has 0 N–H and O–H groups in total. The largest absolute Gasteiger partial charge is 0.433 e. The number of aryl methyl sites for hydroxylation is 1. The summed E-state index contributed by atoms with van der Waals surface area (Å²) in [5, 5.41) is 0. The van der Waals surface area contributed by atoms with Gasteiger partial charge in [-0.2, -0.15) is 13.2 Å². The second-order valence-corrected chi connectivity index (χ2v) is 3.93. The quantitative estimate of drug-likeness (QED) is 0.810. The van der Waals surface area contributed by atoms with Gasteiger partial charge in [0.05, 0.1) is 6.20 Å². The molecule has 2 rings (SSSR count). The highest BCUT2D eigenvalue weighted by atomic mass is 79.9. The van der Waals surface area contributed by atoms with E-state index in [4.69, 9.17) is 0 Å². The minimum atomic E-state index is -4.45. The maximum Gasteiger partial charge on any atom is 0.433 e. The molecule has 0 unspecified atom stereocenters. The number of aromatic nitrogens is 4. The van der Waals surface area contributed by atoms with E-state index in [0.717, 1.165) is 17.1 Å². The molecule has 0 bridgehead atoms. The highest BCUT2D eigenvalue weighted by Crippen LogP contribution is 2.30. The lowest BCUT2D eigenvalue weighted by Gasteiger charge is -2.09. The molecular formula is C8H6BrF3N4. The van der Waals surface area contributed by atoms with Gasteiger partial charge < -0.3 is 4.57 Å². The molecule has 16 heavy (non-hydrogen) atoms. The topological polar surface area (TPSA) is 35.6 Å². The molecule has 8 heteroatoms. The number of halogens is 4. The number of alkyl halides is 3. The van der Waals surface area contributed by atoms with Gasteiger partial charge in [0.1, 0.15) is 16.6 Å². The van der Waals surface area contributed by atoms with Crippen molar-refractivity contribution in [3.8, 4) is 5.95 Å². The molecule has 0 aromatic carbocycles. The highest BCUT2D eigenvalue weighted by Gasteiger charge is 2.35. The predicted octanol–water partition coefficient (Wildman–Crippen LogP) is 2.39. The molecule has 2 aromatic rings. The minimum absolute atomic E-state index is 0.150. The molecule has 0 fully saturated rings. The third kappa shape index (κ3) is 1.84. The molecule has 4 nitrogen and oxygen atoms in total. The Balaban J connectivity index is 2.57. The Bertz CT molecular complexity index is 514. The van der Waals surface area contributed by atoms with Crippen molar-refractivity contribution in [1.29, 1.82) is 0 Å². The van der Waals surface area contributed by atoms with E-state index in [9.17, 15) is 13.2 Å². The third-order valence-electron chi connectivity index (χ3n) is 1.97. The van der Waals surface area contributed by atoms with Gasteiger partial charge >= 0.3 is 6.18 Å². The Morgan fingerprint density at radius 3 is 2.56 bits per heavy atom. The van der Waals surface area contributed by atoms with Crippen molar-refractivity contribution in [3.05, 3.63) is 29.0 Å². The SMILES string of the molecule is Cn1cc(Br)nc1-n1cncc1C(F)(F)F. The molecule has 0 radical (unpaired) electrons. The molecule has 2 aromatic heterocycles. The molecule has 0 aliphatic carbocycles. The van der Waals surface area contributed by atoms with Gasteiger partial charge in [0.15, 0.2) is 0 Å². The van der Waals surface area contributed by atoms with Crippen molar-refractivity contribution in [3.63, 3.8) is 0 Å². The van der Waals surface area contributed by atoms with Crippen LogP contribution < -0.4 is 0 Å². The van der Waals surface area contributed by atoms with Crippen LogP contribution in [0.2, 0.25) is 0 Å². The molecule has 0 spiro atoms. The van der Waals surface area contributed by atoms with E-state index in [-0.39, 0.29) is 5.95 Å². The van der Waals surface area contributed by atoms with E-state index in [1.165, 1.54) is 4.57 Å². The first kappa shape index (κ1) is 11.2. The number of imidazole rings is 2. The van der Waals surface area contributed by atoms with Crippen LogP contribution in [0.15, 0.2) is 23.3 Å². The summed E-state index contributed by atoms with van der Waals surface area (Å²) in [5.41, 5.74) is -0.853. The number of hydrogen-bond donors (Lipinski definition) is 0. The van der Waals surface area contributed by atoms with Gasteiger partial charge in [-0.3, -0.25) is 4.57 Å². The van der Waals surface area contributed by atoms with Crippen molar-refractivity contribution in [2.75, 3.05) is 0 Å². The van der Waals surface area contributed by atoms with Gasteiger partial charge in [-0.05, 0) is 15.9 Å². The van der Waals surface area contributed by atoms with Crippen LogP contribution in [0.25, 0.3) is 5.95 Å². The molecular weight excluding hydrogens is 289 g/mol. The third-order valence-corrected chi connectivity index (χ3v) is 2.35. The van der Waals surface area contributed by atoms with Crippen LogP contribution in [0.1, 0.15) is 5.69 Å². The van der Waals surface area contributed by atoms with E-state index in [2.05, 4.69) is 25.9 Å². The van der Waals surface area contributed by atoms with Crippen molar-refractivity contribution in [2.24, 2.45) is 7.05 Å². The Morgan fingerprint density at radius 1 is 1.38 bits per heavy atom. The van der Waals surface area contributed by atoms with E-state index >= 15 is 0 Å². The zero-order valence-corrected chi connectivity index (χ0v) is 9.62. The zero-order chi connectivity index (χ0) is 11.9. The van der Waals surface area contributed by atoms with Gasteiger partial charge in [-0.15, -0.1) is 0 Å². The molecule has 0 aliphatic rings. The fraction of sp³-hybridized carbons (Fsp3) is 0.250. The molecule has 2 heterocycles. The van der Waals surface area contributed by atoms with Crippen LogP contribution in [0, 0.1) is 0 Å². The van der Waals surface area contributed by atoms with Gasteiger partial charge in [-0.1, -0.05) is 0 Å². The van der Waals surface area contributed by atoms with Gasteiger partial charge in [0.2, 0.25) is 5.95 Å². The normalized spacial score (nSPS) is 12.1. The van der Waals surface area contributed by atoms with Crippen LogP contribution >= 0.6 is 15.9 Å². The second kappa shape index (κ2) is 3.62. The van der Waals surface area contributed by atoms with Crippen LogP contribution in [-0.2, 0) is 13.2 Å². The summed E-state index contributed by atoms with van der Waals surface area (Å²) in [6.45, 7) is 0. The summed E-state index contributed by atoms with van der Waals surface area (Å²) in [4.78, 5) is 7.42. The Hall–Kier alpha value is -1.31. The van der Waals surface area contributed by atoms with E-state index < -0.39 is 11.9 Å². The molecule has 0 saturated carbocycles. The van der Waals surface area contributed by atoms with Crippen LogP contribution in [-0.4, -0.2) is 19.1 Å². The molecule has 86 valence electrons. The lowest BCUT2D eigenvalue weighted by Crippen LogP contribution is -2.14. The Morgan fingerprint density at radius 2 is 2.06 bits per heavy atom. The predicted molar refractivity (Wildman–Crippen MR) is 53.0 cm³/mol. The van der Waals surface area contributed by atoms with Crippen LogP contribution in [0.3, 0.4) is 0 Å². The lowest BCUT2D eigenvalue weighted by atomic mass is 10.4. The van der Waals surface area contributed by atoms with Crippen molar-refractivity contribution < 1.29 is 13.2 Å². The average Bonchev–Trinajstić information content (AvgIpc) is 2.69. The maximum absolute atomic E-state index is 12.6. The summed E-state index contributed by atoms with van der Waals surface area (Å²) in [5.74, 6) is 0.150. The van der Waals surface area contributed by atoms with Crippen molar-refractivity contribution >= 4 is 15.9 Å². The van der Waals surface area contributed by atoms with Gasteiger partial charge in [0, 0.05) is 13.2 Å². The number of rotatable bonds is 1. The first-order valence-corrected chi connectivity index (χ1v) is 4.97. The van der Waals surface area contributed by atoms with Crippen molar-refractivity contribution in [1.82, 2.24) is 19.1 Å². The minimum Gasteiger partial charge on any atom is -0.319 e. The molecule has 0 amide bonds. The maximum atomic E-state index is 12.6. The Labute approximate surface area is 96.9 Å². The molecule has 0 atom stereocenters. The van der Waals surface area contributed by atoms with Crippen LogP contribution in [0.4, 0.5) is 13.2 Å². The van der Waals surface area contributed by atoms with Crippen LogP contribution in [0.5, 0.6) is 0 Å². The molecule has 0 saturated heterocycles.